The molecule has 3 atom stereocenters. The van der Waals surface area contributed by atoms with Gasteiger partial charge in [-0.15, -0.1) is 0 Å². The molecule has 3 aromatic carbocycles. The Labute approximate surface area is 207 Å². The van der Waals surface area contributed by atoms with Crippen LogP contribution < -0.4 is 16.4 Å². The normalized spacial score (nSPS) is 19.4. The maximum atomic E-state index is 13.4. The first-order chi connectivity index (χ1) is 17.0. The first-order valence-corrected chi connectivity index (χ1v) is 12.6. The molecule has 3 aromatic rings. The number of nitrogens with zero attached hydrogens (tertiary/aromatic N) is 1. The Kier molecular flexibility index (Phi) is 8.50. The van der Waals surface area contributed by atoms with E-state index in [1.54, 1.807) is 0 Å². The van der Waals surface area contributed by atoms with Crippen LogP contribution in [0, 0.1) is 0 Å². The van der Waals surface area contributed by atoms with E-state index in [0.717, 1.165) is 30.0 Å². The highest BCUT2D eigenvalue weighted by Crippen LogP contribution is 2.18. The summed E-state index contributed by atoms with van der Waals surface area (Å²) in [7, 11) is 0. The number of hydrogen-bond donors (Lipinski definition) is 3. The predicted molar refractivity (Wildman–Crippen MR) is 141 cm³/mol. The SMILES string of the molecule is C[C@H](Cc1ccccc1)N1CC[C@@H](CNC(=O)c2ccc3ccccc3c2)N[C@@H](CCCN)C1=O. The zero-order valence-corrected chi connectivity index (χ0v) is 20.5. The number of carbonyl (C=O) groups is 2. The number of hydrogen-bond acceptors (Lipinski definition) is 4. The number of benzene rings is 3. The van der Waals surface area contributed by atoms with E-state index in [4.69, 9.17) is 5.73 Å². The monoisotopic (exact) mass is 472 g/mol. The molecule has 1 fully saturated rings. The Morgan fingerprint density at radius 2 is 1.83 bits per heavy atom. The van der Waals surface area contributed by atoms with Gasteiger partial charge in [0.1, 0.15) is 0 Å². The summed E-state index contributed by atoms with van der Waals surface area (Å²) in [4.78, 5) is 28.3. The Morgan fingerprint density at radius 3 is 2.60 bits per heavy atom. The van der Waals surface area contributed by atoms with Crippen LogP contribution in [0.25, 0.3) is 10.8 Å². The van der Waals surface area contributed by atoms with Crippen molar-refractivity contribution in [2.24, 2.45) is 5.73 Å². The van der Waals surface area contributed by atoms with Crippen LogP contribution in [0.4, 0.5) is 0 Å². The van der Waals surface area contributed by atoms with Crippen LogP contribution in [0.15, 0.2) is 72.8 Å². The number of fused-ring (bicyclic) bond motifs is 1. The Morgan fingerprint density at radius 1 is 1.09 bits per heavy atom. The van der Waals surface area contributed by atoms with Crippen molar-refractivity contribution in [2.75, 3.05) is 19.6 Å². The number of nitrogens with one attached hydrogen (secondary N) is 2. The fourth-order valence-electron chi connectivity index (χ4n) is 4.89. The molecule has 1 aliphatic rings. The smallest absolute Gasteiger partial charge is 0.251 e. The first-order valence-electron chi connectivity index (χ1n) is 12.6. The molecule has 0 spiro atoms. The summed E-state index contributed by atoms with van der Waals surface area (Å²) in [6.07, 6.45) is 3.07. The fourth-order valence-corrected chi connectivity index (χ4v) is 4.89. The van der Waals surface area contributed by atoms with E-state index >= 15 is 0 Å². The minimum Gasteiger partial charge on any atom is -0.350 e. The van der Waals surface area contributed by atoms with Crippen LogP contribution >= 0.6 is 0 Å². The molecule has 1 saturated heterocycles. The lowest BCUT2D eigenvalue weighted by Gasteiger charge is -2.30. The van der Waals surface area contributed by atoms with Crippen LogP contribution in [-0.2, 0) is 11.2 Å². The molecule has 35 heavy (non-hydrogen) atoms. The van der Waals surface area contributed by atoms with Crippen LogP contribution in [0.5, 0.6) is 0 Å². The van der Waals surface area contributed by atoms with Crippen molar-refractivity contribution < 1.29 is 9.59 Å². The molecule has 6 heteroatoms. The molecule has 6 nitrogen and oxygen atoms in total. The van der Waals surface area contributed by atoms with Crippen molar-refractivity contribution in [2.45, 2.75) is 50.7 Å². The third kappa shape index (κ3) is 6.47. The Hall–Kier alpha value is -3.22. The van der Waals surface area contributed by atoms with E-state index in [2.05, 4.69) is 29.7 Å². The van der Waals surface area contributed by atoms with Gasteiger partial charge in [0.15, 0.2) is 0 Å². The number of rotatable bonds is 9. The number of nitrogens with two attached hydrogens (primary N) is 1. The second-order valence-corrected chi connectivity index (χ2v) is 9.48. The van der Waals surface area contributed by atoms with E-state index < -0.39 is 0 Å². The molecule has 0 radical (unpaired) electrons. The summed E-state index contributed by atoms with van der Waals surface area (Å²) in [5.41, 5.74) is 7.62. The highest BCUT2D eigenvalue weighted by Gasteiger charge is 2.32. The molecule has 2 amide bonds. The summed E-state index contributed by atoms with van der Waals surface area (Å²) in [5, 5.41) is 8.76. The molecule has 4 rings (SSSR count). The third-order valence-electron chi connectivity index (χ3n) is 6.86. The van der Waals surface area contributed by atoms with Gasteiger partial charge in [0, 0.05) is 30.7 Å². The van der Waals surface area contributed by atoms with Gasteiger partial charge in [0.25, 0.3) is 5.91 Å². The lowest BCUT2D eigenvalue weighted by molar-refractivity contribution is -0.134. The van der Waals surface area contributed by atoms with Gasteiger partial charge >= 0.3 is 0 Å². The second-order valence-electron chi connectivity index (χ2n) is 9.48. The standard InChI is InChI=1S/C29H36N4O2/c1-21(18-22-8-3-2-4-9-22)33-17-15-26(32-27(29(33)35)12-7-16-30)20-31-28(34)25-14-13-23-10-5-6-11-24(23)19-25/h2-6,8-11,13-14,19,21,26-27,32H,7,12,15-18,20,30H2,1H3,(H,31,34)/t21-,26+,27+/m1/s1. The van der Waals surface area contributed by atoms with E-state index in [1.165, 1.54) is 5.56 Å². The van der Waals surface area contributed by atoms with Crippen molar-refractivity contribution in [1.29, 1.82) is 0 Å². The van der Waals surface area contributed by atoms with E-state index in [1.807, 2.05) is 65.6 Å². The summed E-state index contributed by atoms with van der Waals surface area (Å²) < 4.78 is 0. The van der Waals surface area contributed by atoms with Crippen LogP contribution in [-0.4, -0.2) is 54.5 Å². The maximum Gasteiger partial charge on any atom is 0.251 e. The summed E-state index contributed by atoms with van der Waals surface area (Å²) in [6.45, 7) is 3.80. The second kappa shape index (κ2) is 12.0. The maximum absolute atomic E-state index is 13.4. The lowest BCUT2D eigenvalue weighted by Crippen LogP contribution is -2.50. The molecule has 184 valence electrons. The Bertz CT molecular complexity index is 1130. The first kappa shape index (κ1) is 24.9. The van der Waals surface area contributed by atoms with Crippen LogP contribution in [0.1, 0.15) is 42.1 Å². The topological polar surface area (TPSA) is 87.5 Å². The highest BCUT2D eigenvalue weighted by molar-refractivity contribution is 5.98. The quantitative estimate of drug-likeness (QED) is 0.445. The third-order valence-corrected chi connectivity index (χ3v) is 6.86. The van der Waals surface area contributed by atoms with Gasteiger partial charge in [0.2, 0.25) is 5.91 Å². The van der Waals surface area contributed by atoms with Gasteiger partial charge < -0.3 is 21.3 Å². The van der Waals surface area contributed by atoms with Gasteiger partial charge in [-0.05, 0) is 67.6 Å². The predicted octanol–water partition coefficient (Wildman–Crippen LogP) is 3.50. The van der Waals surface area contributed by atoms with Gasteiger partial charge in [-0.3, -0.25) is 9.59 Å². The Balaban J connectivity index is 1.41. The van der Waals surface area contributed by atoms with Crippen molar-refractivity contribution >= 4 is 22.6 Å². The van der Waals surface area contributed by atoms with Crippen molar-refractivity contribution in [3.8, 4) is 0 Å². The number of amides is 2. The molecule has 0 saturated carbocycles. The molecule has 0 unspecified atom stereocenters. The average molecular weight is 473 g/mol. The van der Waals surface area contributed by atoms with Gasteiger partial charge in [0.05, 0.1) is 6.04 Å². The molecular formula is C29H36N4O2. The average Bonchev–Trinajstić information content (AvgIpc) is 3.04. The lowest BCUT2D eigenvalue weighted by atomic mass is 10.0. The van der Waals surface area contributed by atoms with E-state index in [9.17, 15) is 9.59 Å². The largest absolute Gasteiger partial charge is 0.350 e. The molecule has 0 aliphatic carbocycles. The summed E-state index contributed by atoms with van der Waals surface area (Å²) in [6, 6.07) is 23.9. The van der Waals surface area contributed by atoms with E-state index in [0.29, 0.717) is 31.6 Å². The van der Waals surface area contributed by atoms with Gasteiger partial charge in [-0.1, -0.05) is 60.7 Å². The minimum atomic E-state index is -0.290. The molecule has 0 bridgehead atoms. The van der Waals surface area contributed by atoms with Gasteiger partial charge in [-0.2, -0.15) is 0 Å². The minimum absolute atomic E-state index is 0.0139. The number of carbonyl (C=O) groups excluding carboxylic acids is 2. The molecule has 1 heterocycles. The van der Waals surface area contributed by atoms with Crippen LogP contribution in [0.2, 0.25) is 0 Å². The molecular weight excluding hydrogens is 436 g/mol. The molecule has 1 aliphatic heterocycles. The van der Waals surface area contributed by atoms with Crippen LogP contribution in [0.3, 0.4) is 0 Å². The molecule has 0 aromatic heterocycles. The molecule has 4 N–H and O–H groups in total. The fraction of sp³-hybridized carbons (Fsp3) is 0.379. The summed E-state index contributed by atoms with van der Waals surface area (Å²) >= 11 is 0. The highest BCUT2D eigenvalue weighted by atomic mass is 16.2. The van der Waals surface area contributed by atoms with Crippen molar-refractivity contribution in [1.82, 2.24) is 15.5 Å². The van der Waals surface area contributed by atoms with Crippen molar-refractivity contribution in [3.05, 3.63) is 83.9 Å². The summed E-state index contributed by atoms with van der Waals surface area (Å²) in [5.74, 6) is 0.0335. The van der Waals surface area contributed by atoms with E-state index in [-0.39, 0.29) is 29.9 Å². The zero-order chi connectivity index (χ0) is 24.6. The van der Waals surface area contributed by atoms with Crippen molar-refractivity contribution in [3.63, 3.8) is 0 Å². The van der Waals surface area contributed by atoms with Gasteiger partial charge in [-0.25, -0.2) is 0 Å². The zero-order valence-electron chi connectivity index (χ0n) is 20.5.